The van der Waals surface area contributed by atoms with Crippen LogP contribution in [-0.2, 0) is 0 Å². The van der Waals surface area contributed by atoms with Crippen LogP contribution in [0.3, 0.4) is 0 Å². The Morgan fingerprint density at radius 1 is 0.475 bits per heavy atom. The van der Waals surface area contributed by atoms with Gasteiger partial charge in [0.2, 0.25) is 5.95 Å². The molecule has 6 nitrogen and oxygen atoms in total. The summed E-state index contributed by atoms with van der Waals surface area (Å²) in [5, 5.41) is 5.58. The van der Waals surface area contributed by atoms with E-state index in [0.29, 0.717) is 5.95 Å². The summed E-state index contributed by atoms with van der Waals surface area (Å²) >= 11 is 0. The second-order valence-electron chi connectivity index (χ2n) is 10.00. The fourth-order valence-electron chi connectivity index (χ4n) is 6.18. The summed E-state index contributed by atoms with van der Waals surface area (Å²) in [5.41, 5.74) is 7.90. The van der Waals surface area contributed by atoms with Crippen LogP contribution in [-0.4, -0.2) is 29.1 Å². The third-order valence-electron chi connectivity index (χ3n) is 7.85. The molecular weight excluding hydrogens is 492 g/mol. The van der Waals surface area contributed by atoms with E-state index in [1.807, 2.05) is 36.5 Å². The largest absolute Gasteiger partial charge is 0.307 e. The van der Waals surface area contributed by atoms with Gasteiger partial charge in [-0.05, 0) is 36.4 Å². The summed E-state index contributed by atoms with van der Waals surface area (Å²) < 4.78 is 4.55. The van der Waals surface area contributed by atoms with E-state index in [1.54, 1.807) is 12.4 Å². The maximum Gasteiger partial charge on any atom is 0.235 e. The molecule has 9 rings (SSSR count). The zero-order valence-electron chi connectivity index (χ0n) is 21.2. The molecule has 0 bridgehead atoms. The monoisotopic (exact) mass is 512 g/mol. The van der Waals surface area contributed by atoms with Gasteiger partial charge in [0.25, 0.3) is 0 Å². The molecule has 0 fully saturated rings. The maximum absolute atomic E-state index is 5.08. The highest BCUT2D eigenvalue weighted by molar-refractivity contribution is 6.26. The summed E-state index contributed by atoms with van der Waals surface area (Å²) in [6, 6.07) is 35.9. The van der Waals surface area contributed by atoms with Crippen LogP contribution >= 0.6 is 0 Å². The van der Waals surface area contributed by atoms with Gasteiger partial charge in [-0.1, -0.05) is 66.7 Å². The lowest BCUT2D eigenvalue weighted by molar-refractivity contribution is 1.01. The molecule has 0 unspecified atom stereocenters. The lowest BCUT2D eigenvalue weighted by Crippen LogP contribution is -2.03. The second kappa shape index (κ2) is 7.94. The molecule has 186 valence electrons. The molecule has 4 heterocycles. The highest BCUT2D eigenvalue weighted by Crippen LogP contribution is 2.42. The van der Waals surface area contributed by atoms with Crippen molar-refractivity contribution in [3.8, 4) is 11.6 Å². The smallest absolute Gasteiger partial charge is 0.235 e. The lowest BCUT2D eigenvalue weighted by Gasteiger charge is -2.12. The Labute approximate surface area is 227 Å². The summed E-state index contributed by atoms with van der Waals surface area (Å²) in [6.45, 7) is 0. The molecule has 5 aromatic carbocycles. The number of rotatable bonds is 2. The minimum Gasteiger partial charge on any atom is -0.307 e. The van der Waals surface area contributed by atoms with E-state index >= 15 is 0 Å². The van der Waals surface area contributed by atoms with Gasteiger partial charge >= 0.3 is 0 Å². The van der Waals surface area contributed by atoms with E-state index in [1.165, 1.54) is 10.8 Å². The average molecular weight is 513 g/mol. The Bertz CT molecular complexity index is 2440. The molecule has 0 atom stereocenters. The first-order valence-corrected chi connectivity index (χ1v) is 13.2. The van der Waals surface area contributed by atoms with Crippen LogP contribution < -0.4 is 0 Å². The van der Waals surface area contributed by atoms with Crippen LogP contribution in [0.4, 0.5) is 0 Å². The van der Waals surface area contributed by atoms with E-state index in [-0.39, 0.29) is 0 Å². The van der Waals surface area contributed by atoms with Crippen molar-refractivity contribution in [2.75, 3.05) is 0 Å². The van der Waals surface area contributed by atoms with Crippen LogP contribution in [0.5, 0.6) is 0 Å². The van der Waals surface area contributed by atoms with E-state index in [0.717, 1.165) is 60.5 Å². The Morgan fingerprint density at radius 3 is 2.10 bits per heavy atom. The van der Waals surface area contributed by atoms with Gasteiger partial charge < -0.3 is 4.57 Å². The van der Waals surface area contributed by atoms with E-state index in [9.17, 15) is 0 Å². The zero-order chi connectivity index (χ0) is 26.2. The van der Waals surface area contributed by atoms with Gasteiger partial charge in [0, 0.05) is 51.2 Å². The fraction of sp³-hybridized carbons (Fsp3) is 0. The number of hydrogen-bond donors (Lipinski definition) is 0. The number of nitrogens with zero attached hydrogens (tertiary/aromatic N) is 6. The molecule has 0 aliphatic rings. The molecule has 9 aromatic rings. The molecule has 0 spiro atoms. The molecular formula is C34H20N6. The van der Waals surface area contributed by atoms with Gasteiger partial charge in [0.1, 0.15) is 5.52 Å². The predicted octanol–water partition coefficient (Wildman–Crippen LogP) is 7.77. The standard InChI is InChI=1S/C34H20N6/c1-2-9-22(10-3-1)39-29-13-7-5-11-23(29)24-14-15-26-25-16-17-28-30(36-19-18-35-28)31(25)40(33(26)32(24)39)34-37-20-21-8-4-6-12-27(21)38-34/h1-20H. The van der Waals surface area contributed by atoms with Crippen LogP contribution in [0.1, 0.15) is 0 Å². The average Bonchev–Trinajstić information content (AvgIpc) is 3.55. The summed E-state index contributed by atoms with van der Waals surface area (Å²) in [7, 11) is 0. The zero-order valence-corrected chi connectivity index (χ0v) is 21.2. The Kier molecular flexibility index (Phi) is 4.24. The van der Waals surface area contributed by atoms with Gasteiger partial charge in [-0.3, -0.25) is 14.5 Å². The van der Waals surface area contributed by atoms with E-state index in [2.05, 4.69) is 86.9 Å². The second-order valence-corrected chi connectivity index (χ2v) is 10.00. The van der Waals surface area contributed by atoms with Crippen LogP contribution in [0.15, 0.2) is 122 Å². The van der Waals surface area contributed by atoms with Gasteiger partial charge in [0.15, 0.2) is 0 Å². The van der Waals surface area contributed by atoms with E-state index in [4.69, 9.17) is 15.0 Å². The van der Waals surface area contributed by atoms with E-state index < -0.39 is 0 Å². The van der Waals surface area contributed by atoms with Gasteiger partial charge in [-0.2, -0.15) is 0 Å². The predicted molar refractivity (Wildman–Crippen MR) is 161 cm³/mol. The maximum atomic E-state index is 5.08. The first-order chi connectivity index (χ1) is 19.9. The quantitative estimate of drug-likeness (QED) is 0.237. The van der Waals surface area contributed by atoms with Gasteiger partial charge in [-0.15, -0.1) is 0 Å². The Morgan fingerprint density at radius 2 is 1.18 bits per heavy atom. The number of benzene rings is 5. The SMILES string of the molecule is c1ccc(-n2c3ccccc3c3ccc4c5ccc6nccnc6c5n(-c5ncc6ccccc6n5)c4c32)cc1. The Hall–Kier alpha value is -5.62. The highest BCUT2D eigenvalue weighted by atomic mass is 15.2. The summed E-state index contributed by atoms with van der Waals surface area (Å²) in [6.07, 6.45) is 5.39. The number of hydrogen-bond acceptors (Lipinski definition) is 4. The van der Waals surface area contributed by atoms with Crippen molar-refractivity contribution in [1.29, 1.82) is 0 Å². The first kappa shape index (κ1) is 21.3. The molecule has 6 heteroatoms. The minimum absolute atomic E-state index is 0.606. The number of fused-ring (bicyclic) bond motifs is 10. The van der Waals surface area contributed by atoms with Crippen molar-refractivity contribution in [1.82, 2.24) is 29.1 Å². The number of para-hydroxylation sites is 3. The third kappa shape index (κ3) is 2.82. The molecule has 0 saturated heterocycles. The van der Waals surface area contributed by atoms with Crippen LogP contribution in [0.2, 0.25) is 0 Å². The van der Waals surface area contributed by atoms with Crippen molar-refractivity contribution < 1.29 is 0 Å². The Balaban J connectivity index is 1.58. The molecule has 0 N–H and O–H groups in total. The molecule has 0 aliphatic heterocycles. The van der Waals surface area contributed by atoms with Crippen molar-refractivity contribution in [2.45, 2.75) is 0 Å². The topological polar surface area (TPSA) is 61.4 Å². The van der Waals surface area contributed by atoms with Crippen molar-refractivity contribution in [3.63, 3.8) is 0 Å². The van der Waals surface area contributed by atoms with Gasteiger partial charge in [-0.25, -0.2) is 9.97 Å². The summed E-state index contributed by atoms with van der Waals surface area (Å²) in [5.74, 6) is 0.606. The normalized spacial score (nSPS) is 12.0. The van der Waals surface area contributed by atoms with Crippen molar-refractivity contribution in [3.05, 3.63) is 122 Å². The lowest BCUT2D eigenvalue weighted by atomic mass is 10.1. The fourth-order valence-corrected chi connectivity index (χ4v) is 6.18. The molecule has 0 aliphatic carbocycles. The number of aromatic nitrogens is 6. The minimum atomic E-state index is 0.606. The highest BCUT2D eigenvalue weighted by Gasteiger charge is 2.23. The van der Waals surface area contributed by atoms with Crippen molar-refractivity contribution >= 4 is 65.5 Å². The molecule has 0 amide bonds. The molecule has 0 saturated carbocycles. The third-order valence-corrected chi connectivity index (χ3v) is 7.85. The van der Waals surface area contributed by atoms with Crippen molar-refractivity contribution in [2.24, 2.45) is 0 Å². The van der Waals surface area contributed by atoms with Crippen LogP contribution in [0.25, 0.3) is 77.2 Å². The van der Waals surface area contributed by atoms with Crippen LogP contribution in [0, 0.1) is 0 Å². The molecule has 40 heavy (non-hydrogen) atoms. The first-order valence-electron chi connectivity index (χ1n) is 13.2. The summed E-state index contributed by atoms with van der Waals surface area (Å²) in [4.78, 5) is 19.4. The molecule has 0 radical (unpaired) electrons. The molecule has 4 aromatic heterocycles. The van der Waals surface area contributed by atoms with Gasteiger partial charge in [0.05, 0.1) is 33.1 Å².